The van der Waals surface area contributed by atoms with Gasteiger partial charge in [-0.1, -0.05) is 12.1 Å². The molecule has 12 nitrogen and oxygen atoms in total. The summed E-state index contributed by atoms with van der Waals surface area (Å²) < 4.78 is 11.0. The number of esters is 1. The second-order valence-corrected chi connectivity index (χ2v) is 9.97. The van der Waals surface area contributed by atoms with Crippen molar-refractivity contribution in [3.63, 3.8) is 0 Å². The average Bonchev–Trinajstić information content (AvgIpc) is 3.40. The van der Waals surface area contributed by atoms with Crippen molar-refractivity contribution in [2.75, 3.05) is 36.4 Å². The van der Waals surface area contributed by atoms with Crippen molar-refractivity contribution in [1.29, 1.82) is 0 Å². The Morgan fingerprint density at radius 1 is 1.16 bits per heavy atom. The fourth-order valence-electron chi connectivity index (χ4n) is 3.99. The lowest BCUT2D eigenvalue weighted by atomic mass is 10.1. The number of hydrogen-bond acceptors (Lipinski definition) is 10. The van der Waals surface area contributed by atoms with Crippen LogP contribution < -0.4 is 15.0 Å². The van der Waals surface area contributed by atoms with Crippen molar-refractivity contribution in [2.24, 2.45) is 0 Å². The van der Waals surface area contributed by atoms with Gasteiger partial charge in [0.25, 0.3) is 0 Å². The zero-order chi connectivity index (χ0) is 27.9. The Morgan fingerprint density at radius 2 is 1.79 bits per heavy atom. The fourth-order valence-corrected chi connectivity index (χ4v) is 3.99. The molecule has 1 atom stereocenters. The van der Waals surface area contributed by atoms with Gasteiger partial charge in [-0.25, -0.2) is 14.6 Å². The minimum atomic E-state index is -0.981. The lowest BCUT2D eigenvalue weighted by Gasteiger charge is -2.25. The summed E-state index contributed by atoms with van der Waals surface area (Å²) in [4.78, 5) is 48.6. The van der Waals surface area contributed by atoms with E-state index in [1.54, 1.807) is 49.9 Å². The largest absolute Gasteiger partial charge is 0.458 e. The maximum absolute atomic E-state index is 13.2. The third-order valence-corrected chi connectivity index (χ3v) is 5.93. The molecule has 12 heteroatoms. The predicted octanol–water partition coefficient (Wildman–Crippen LogP) is 4.19. The van der Waals surface area contributed by atoms with Crippen LogP contribution in [0.2, 0.25) is 0 Å². The van der Waals surface area contributed by atoms with Crippen LogP contribution in [0.5, 0.6) is 5.75 Å². The Labute approximate surface area is 222 Å². The van der Waals surface area contributed by atoms with E-state index >= 15 is 0 Å². The third kappa shape index (κ3) is 7.77. The molecule has 2 heterocycles. The first-order chi connectivity index (χ1) is 18.0. The molecule has 0 radical (unpaired) electrons. The van der Waals surface area contributed by atoms with E-state index in [9.17, 15) is 19.7 Å². The van der Waals surface area contributed by atoms with Crippen LogP contribution in [0.15, 0.2) is 30.5 Å². The minimum Gasteiger partial charge on any atom is -0.458 e. The molecule has 0 saturated carbocycles. The number of likely N-dealkylation sites (tertiary alicyclic amines) is 1. The first kappa shape index (κ1) is 28.6. The van der Waals surface area contributed by atoms with Gasteiger partial charge in [-0.3, -0.25) is 10.1 Å². The molecule has 1 saturated heterocycles. The lowest BCUT2D eigenvalue weighted by Crippen LogP contribution is -2.38. The highest BCUT2D eigenvalue weighted by Crippen LogP contribution is 2.26. The zero-order valence-electron chi connectivity index (χ0n) is 22.6. The molecule has 1 aliphatic rings. The number of carbonyl (C=O) groups excluding carboxylic acids is 2. The van der Waals surface area contributed by atoms with Gasteiger partial charge in [0.1, 0.15) is 23.6 Å². The van der Waals surface area contributed by atoms with Gasteiger partial charge < -0.3 is 24.6 Å². The first-order valence-corrected chi connectivity index (χ1v) is 12.8. The van der Waals surface area contributed by atoms with Gasteiger partial charge in [0.2, 0.25) is 11.8 Å². The third-order valence-electron chi connectivity index (χ3n) is 5.93. The van der Waals surface area contributed by atoms with Gasteiger partial charge in [0, 0.05) is 32.6 Å². The molecule has 1 aromatic carbocycles. The summed E-state index contributed by atoms with van der Waals surface area (Å²) in [7, 11) is 0. The highest BCUT2D eigenvalue weighted by atomic mass is 16.6. The molecule has 0 aliphatic carbocycles. The molecule has 0 spiro atoms. The Hall–Kier alpha value is -3.96. The van der Waals surface area contributed by atoms with E-state index in [2.05, 4.69) is 15.3 Å². The van der Waals surface area contributed by atoms with E-state index in [1.165, 1.54) is 0 Å². The molecule has 3 rings (SSSR count). The molecule has 1 amide bonds. The van der Waals surface area contributed by atoms with E-state index in [0.717, 1.165) is 24.6 Å². The second-order valence-electron chi connectivity index (χ2n) is 9.97. The van der Waals surface area contributed by atoms with Crippen LogP contribution in [-0.4, -0.2) is 69.7 Å². The summed E-state index contributed by atoms with van der Waals surface area (Å²) in [6, 6.07) is 5.80. The van der Waals surface area contributed by atoms with Crippen LogP contribution in [-0.2, 0) is 16.0 Å². The van der Waals surface area contributed by atoms with Crippen molar-refractivity contribution in [2.45, 2.75) is 65.5 Å². The topological polar surface area (TPSA) is 140 Å². The Balaban J connectivity index is 1.84. The second kappa shape index (κ2) is 12.5. The summed E-state index contributed by atoms with van der Waals surface area (Å²) >= 11 is 0. The molecule has 206 valence electrons. The van der Waals surface area contributed by atoms with Crippen molar-refractivity contribution >= 4 is 29.5 Å². The molecule has 0 bridgehead atoms. The maximum Gasteiger partial charge on any atom is 0.415 e. The van der Waals surface area contributed by atoms with Crippen molar-refractivity contribution in [3.8, 4) is 5.75 Å². The minimum absolute atomic E-state index is 0.0704. The standard InChI is InChI=1S/C26H36N6O6/c1-6-30(7-2)24-27-17-21(32(35)36)22(29-24)28-20(23(33)38-26(3,4)5)16-18-10-12-19(13-11-18)37-25(34)31-14-8-9-15-31/h10-13,17,20H,6-9,14-16H2,1-5H3,(H,27,28,29)/t20-/m0/s1. The maximum atomic E-state index is 13.2. The molecule has 1 aliphatic heterocycles. The van der Waals surface area contributed by atoms with Crippen LogP contribution in [0.1, 0.15) is 53.0 Å². The van der Waals surface area contributed by atoms with Gasteiger partial charge in [0.05, 0.1) is 4.92 Å². The van der Waals surface area contributed by atoms with Gasteiger partial charge >= 0.3 is 17.7 Å². The number of benzene rings is 1. The summed E-state index contributed by atoms with van der Waals surface area (Å²) in [6.07, 6.45) is 2.83. The normalized spacial score (nSPS) is 14.1. The summed E-state index contributed by atoms with van der Waals surface area (Å²) in [5, 5.41) is 14.7. The molecular weight excluding hydrogens is 492 g/mol. The number of anilines is 2. The zero-order valence-corrected chi connectivity index (χ0v) is 22.6. The molecular formula is C26H36N6O6. The molecule has 2 aromatic rings. The number of aromatic nitrogens is 2. The first-order valence-electron chi connectivity index (χ1n) is 12.8. The van der Waals surface area contributed by atoms with Crippen LogP contribution in [0, 0.1) is 10.1 Å². The van der Waals surface area contributed by atoms with E-state index in [-0.39, 0.29) is 24.0 Å². The van der Waals surface area contributed by atoms with E-state index < -0.39 is 22.5 Å². The number of carbonyl (C=O) groups is 2. The van der Waals surface area contributed by atoms with Crippen LogP contribution in [0.3, 0.4) is 0 Å². The van der Waals surface area contributed by atoms with Crippen LogP contribution >= 0.6 is 0 Å². The highest BCUT2D eigenvalue weighted by molar-refractivity contribution is 5.81. The quantitative estimate of drug-likeness (QED) is 0.271. The highest BCUT2D eigenvalue weighted by Gasteiger charge is 2.29. The molecule has 0 unspecified atom stereocenters. The SMILES string of the molecule is CCN(CC)c1ncc([N+](=O)[O-])c(N[C@@H](Cc2ccc(OC(=O)N3CCCC3)cc2)C(=O)OC(C)(C)C)n1. The lowest BCUT2D eigenvalue weighted by molar-refractivity contribution is -0.384. The summed E-state index contributed by atoms with van der Waals surface area (Å²) in [5.74, 6) is 0.0520. The number of nitrogens with zero attached hydrogens (tertiary/aromatic N) is 5. The number of nitro groups is 1. The number of nitrogens with one attached hydrogen (secondary N) is 1. The van der Waals surface area contributed by atoms with Gasteiger partial charge in [0.15, 0.2) is 0 Å². The van der Waals surface area contributed by atoms with Crippen molar-refractivity contribution in [3.05, 3.63) is 46.1 Å². The van der Waals surface area contributed by atoms with E-state index in [0.29, 0.717) is 37.9 Å². The summed E-state index contributed by atoms with van der Waals surface area (Å²) in [6.45, 7) is 11.7. The fraction of sp³-hybridized carbons (Fsp3) is 0.538. The average molecular weight is 529 g/mol. The Bertz CT molecular complexity index is 1120. The van der Waals surface area contributed by atoms with Gasteiger partial charge in [-0.2, -0.15) is 4.98 Å². The van der Waals surface area contributed by atoms with E-state index in [4.69, 9.17) is 9.47 Å². The smallest absolute Gasteiger partial charge is 0.415 e. The molecule has 1 aromatic heterocycles. The number of hydrogen-bond donors (Lipinski definition) is 1. The monoisotopic (exact) mass is 528 g/mol. The number of ether oxygens (including phenoxy) is 2. The Morgan fingerprint density at radius 3 is 2.34 bits per heavy atom. The van der Waals surface area contributed by atoms with Crippen LogP contribution in [0.4, 0.5) is 22.2 Å². The molecule has 1 N–H and O–H groups in total. The molecule has 38 heavy (non-hydrogen) atoms. The van der Waals surface area contributed by atoms with Crippen molar-refractivity contribution in [1.82, 2.24) is 14.9 Å². The predicted molar refractivity (Wildman–Crippen MR) is 142 cm³/mol. The summed E-state index contributed by atoms with van der Waals surface area (Å²) in [5.41, 5.74) is -0.386. The Kier molecular flexibility index (Phi) is 9.43. The van der Waals surface area contributed by atoms with E-state index in [1.807, 2.05) is 18.7 Å². The van der Waals surface area contributed by atoms with Crippen LogP contribution in [0.25, 0.3) is 0 Å². The van der Waals surface area contributed by atoms with Gasteiger partial charge in [-0.15, -0.1) is 0 Å². The molecule has 1 fully saturated rings. The van der Waals surface area contributed by atoms with Gasteiger partial charge in [-0.05, 0) is 65.2 Å². The van der Waals surface area contributed by atoms with Crippen molar-refractivity contribution < 1.29 is 24.0 Å². The number of amides is 1. The number of rotatable bonds is 10.